The minimum absolute atomic E-state index is 0.434. The standard InChI is InChI=1S/C12H14Br2O/c13-8-9-7-10(14)5-6-12(9)15-11-3-1-2-4-11/h5-7,11H,1-4,8H2. The zero-order valence-corrected chi connectivity index (χ0v) is 11.7. The van der Waals surface area contributed by atoms with Crippen LogP contribution in [-0.2, 0) is 5.33 Å². The Morgan fingerprint density at radius 2 is 2.00 bits per heavy atom. The fraction of sp³-hybridized carbons (Fsp3) is 0.500. The molecular weight excluding hydrogens is 320 g/mol. The summed E-state index contributed by atoms with van der Waals surface area (Å²) < 4.78 is 7.11. The van der Waals surface area contributed by atoms with Crippen LogP contribution < -0.4 is 4.74 Å². The van der Waals surface area contributed by atoms with Crippen molar-refractivity contribution in [2.24, 2.45) is 0 Å². The number of halogens is 2. The molecule has 0 amide bonds. The third kappa shape index (κ3) is 2.97. The van der Waals surface area contributed by atoms with Gasteiger partial charge in [-0.15, -0.1) is 0 Å². The van der Waals surface area contributed by atoms with Crippen LogP contribution in [0.3, 0.4) is 0 Å². The highest BCUT2D eigenvalue weighted by molar-refractivity contribution is 9.10. The van der Waals surface area contributed by atoms with E-state index in [0.29, 0.717) is 6.10 Å². The van der Waals surface area contributed by atoms with Gasteiger partial charge in [-0.25, -0.2) is 0 Å². The Bertz CT molecular complexity index is 332. The van der Waals surface area contributed by atoms with Gasteiger partial charge in [0.15, 0.2) is 0 Å². The minimum atomic E-state index is 0.434. The van der Waals surface area contributed by atoms with Crippen molar-refractivity contribution < 1.29 is 4.74 Å². The van der Waals surface area contributed by atoms with Crippen LogP contribution in [0.1, 0.15) is 31.2 Å². The van der Waals surface area contributed by atoms with Crippen molar-refractivity contribution in [2.75, 3.05) is 0 Å². The molecule has 0 atom stereocenters. The molecule has 1 aliphatic rings. The van der Waals surface area contributed by atoms with Crippen molar-refractivity contribution in [3.63, 3.8) is 0 Å². The number of rotatable bonds is 3. The van der Waals surface area contributed by atoms with Crippen LogP contribution in [-0.4, -0.2) is 6.10 Å². The summed E-state index contributed by atoms with van der Waals surface area (Å²) in [5, 5.41) is 0.842. The molecule has 1 fully saturated rings. The van der Waals surface area contributed by atoms with Crippen molar-refractivity contribution in [3.05, 3.63) is 28.2 Å². The van der Waals surface area contributed by atoms with Crippen molar-refractivity contribution in [3.8, 4) is 5.75 Å². The van der Waals surface area contributed by atoms with Crippen LogP contribution in [0.25, 0.3) is 0 Å². The van der Waals surface area contributed by atoms with Crippen molar-refractivity contribution in [1.82, 2.24) is 0 Å². The van der Waals surface area contributed by atoms with E-state index in [9.17, 15) is 0 Å². The van der Waals surface area contributed by atoms with E-state index in [1.807, 2.05) is 6.07 Å². The Balaban J connectivity index is 2.12. The maximum Gasteiger partial charge on any atom is 0.123 e. The zero-order valence-electron chi connectivity index (χ0n) is 8.51. The molecule has 3 heteroatoms. The highest BCUT2D eigenvalue weighted by Crippen LogP contribution is 2.29. The lowest BCUT2D eigenvalue weighted by atomic mass is 10.2. The highest BCUT2D eigenvalue weighted by Gasteiger charge is 2.17. The Hall–Kier alpha value is -0.0200. The molecule has 0 unspecified atom stereocenters. The molecular formula is C12H14Br2O. The topological polar surface area (TPSA) is 9.23 Å². The van der Waals surface area contributed by atoms with Crippen LogP contribution in [0.15, 0.2) is 22.7 Å². The fourth-order valence-electron chi connectivity index (χ4n) is 1.95. The van der Waals surface area contributed by atoms with E-state index < -0.39 is 0 Å². The molecule has 1 aromatic rings. The first-order valence-corrected chi connectivity index (χ1v) is 7.22. The number of ether oxygens (including phenoxy) is 1. The Morgan fingerprint density at radius 1 is 1.27 bits per heavy atom. The minimum Gasteiger partial charge on any atom is -0.490 e. The van der Waals surface area contributed by atoms with Gasteiger partial charge in [0, 0.05) is 15.4 Å². The summed E-state index contributed by atoms with van der Waals surface area (Å²) in [5.74, 6) is 1.03. The Morgan fingerprint density at radius 3 is 2.67 bits per heavy atom. The summed E-state index contributed by atoms with van der Waals surface area (Å²) >= 11 is 6.96. The smallest absolute Gasteiger partial charge is 0.123 e. The Labute approximate surface area is 107 Å². The molecule has 0 saturated heterocycles. The van der Waals surface area contributed by atoms with Crippen molar-refractivity contribution in [2.45, 2.75) is 37.1 Å². The molecule has 0 aromatic heterocycles. The second kappa shape index (κ2) is 5.35. The van der Waals surface area contributed by atoms with E-state index in [4.69, 9.17) is 4.74 Å². The summed E-state index contributed by atoms with van der Waals surface area (Å²) in [4.78, 5) is 0. The largest absolute Gasteiger partial charge is 0.490 e. The highest BCUT2D eigenvalue weighted by atomic mass is 79.9. The van der Waals surface area contributed by atoms with E-state index in [2.05, 4.69) is 44.0 Å². The summed E-state index contributed by atoms with van der Waals surface area (Å²) in [6.07, 6.45) is 5.47. The third-order valence-electron chi connectivity index (χ3n) is 2.76. The summed E-state index contributed by atoms with van der Waals surface area (Å²) in [6.45, 7) is 0. The van der Waals surface area contributed by atoms with E-state index in [1.54, 1.807) is 0 Å². The van der Waals surface area contributed by atoms with Gasteiger partial charge >= 0.3 is 0 Å². The Kier molecular flexibility index (Phi) is 4.09. The molecule has 1 aliphatic carbocycles. The zero-order chi connectivity index (χ0) is 10.7. The molecule has 0 aliphatic heterocycles. The van der Waals surface area contributed by atoms with Crippen LogP contribution in [0.5, 0.6) is 5.75 Å². The normalized spacial score (nSPS) is 16.9. The van der Waals surface area contributed by atoms with Gasteiger partial charge in [-0.05, 0) is 43.9 Å². The monoisotopic (exact) mass is 332 g/mol. The maximum absolute atomic E-state index is 6.00. The molecule has 0 spiro atoms. The third-order valence-corrected chi connectivity index (χ3v) is 3.86. The molecule has 0 heterocycles. The first-order chi connectivity index (χ1) is 7.29. The van der Waals surface area contributed by atoms with E-state index in [1.165, 1.54) is 31.2 Å². The van der Waals surface area contributed by atoms with E-state index in [0.717, 1.165) is 15.6 Å². The number of hydrogen-bond donors (Lipinski definition) is 0. The molecule has 0 bridgehead atoms. The summed E-state index contributed by atoms with van der Waals surface area (Å²) in [5.41, 5.74) is 1.22. The molecule has 1 nitrogen and oxygen atoms in total. The lowest BCUT2D eigenvalue weighted by molar-refractivity contribution is 0.208. The maximum atomic E-state index is 6.00. The van der Waals surface area contributed by atoms with Gasteiger partial charge in [0.05, 0.1) is 6.10 Å². The quantitative estimate of drug-likeness (QED) is 0.731. The molecule has 2 rings (SSSR count). The molecule has 1 aromatic carbocycles. The second-order valence-electron chi connectivity index (χ2n) is 3.91. The van der Waals surface area contributed by atoms with Crippen LogP contribution in [0.4, 0.5) is 0 Å². The average molecular weight is 334 g/mol. The SMILES string of the molecule is BrCc1cc(Br)ccc1OC1CCCC1. The fourth-order valence-corrected chi connectivity index (χ4v) is 2.80. The van der Waals surface area contributed by atoms with Crippen LogP contribution in [0.2, 0.25) is 0 Å². The first kappa shape index (κ1) is 11.5. The van der Waals surface area contributed by atoms with Gasteiger partial charge in [-0.3, -0.25) is 0 Å². The molecule has 0 N–H and O–H groups in total. The number of benzene rings is 1. The van der Waals surface area contributed by atoms with E-state index in [-0.39, 0.29) is 0 Å². The molecule has 1 saturated carbocycles. The van der Waals surface area contributed by atoms with Gasteiger partial charge in [-0.1, -0.05) is 31.9 Å². The van der Waals surface area contributed by atoms with Gasteiger partial charge in [0.2, 0.25) is 0 Å². The van der Waals surface area contributed by atoms with Crippen LogP contribution in [0, 0.1) is 0 Å². The molecule has 0 radical (unpaired) electrons. The first-order valence-electron chi connectivity index (χ1n) is 5.30. The van der Waals surface area contributed by atoms with Gasteiger partial charge in [0.25, 0.3) is 0 Å². The molecule has 15 heavy (non-hydrogen) atoms. The van der Waals surface area contributed by atoms with Gasteiger partial charge in [-0.2, -0.15) is 0 Å². The lowest BCUT2D eigenvalue weighted by Crippen LogP contribution is -2.11. The summed E-state index contributed by atoms with van der Waals surface area (Å²) in [6, 6.07) is 6.20. The predicted molar refractivity (Wildman–Crippen MR) is 69.7 cm³/mol. The summed E-state index contributed by atoms with van der Waals surface area (Å²) in [7, 11) is 0. The molecule has 82 valence electrons. The van der Waals surface area contributed by atoms with Crippen molar-refractivity contribution >= 4 is 31.9 Å². The predicted octanol–water partition coefficient (Wildman–Crippen LogP) is 4.67. The number of hydrogen-bond acceptors (Lipinski definition) is 1. The van der Waals surface area contributed by atoms with Crippen LogP contribution >= 0.6 is 31.9 Å². The van der Waals surface area contributed by atoms with Gasteiger partial charge < -0.3 is 4.74 Å². The van der Waals surface area contributed by atoms with Crippen molar-refractivity contribution in [1.29, 1.82) is 0 Å². The lowest BCUT2D eigenvalue weighted by Gasteiger charge is -2.15. The second-order valence-corrected chi connectivity index (χ2v) is 5.39. The van der Waals surface area contributed by atoms with Gasteiger partial charge in [0.1, 0.15) is 5.75 Å². The number of alkyl halides is 1. The van der Waals surface area contributed by atoms with E-state index >= 15 is 0 Å². The average Bonchev–Trinajstić information content (AvgIpc) is 2.73.